The number of aliphatic hydroxyl groups is 3. The van der Waals surface area contributed by atoms with E-state index < -0.39 is 24.6 Å². The van der Waals surface area contributed by atoms with Gasteiger partial charge in [0.25, 0.3) is 0 Å². The zero-order valence-corrected chi connectivity index (χ0v) is 24.6. The number of nitrogens with zero attached hydrogens (tertiary/aromatic N) is 1. The molecule has 3 fully saturated rings. The van der Waals surface area contributed by atoms with Crippen molar-refractivity contribution in [2.45, 2.75) is 82.4 Å². The van der Waals surface area contributed by atoms with E-state index in [1.165, 1.54) is 44.8 Å². The molecule has 1 saturated carbocycles. The van der Waals surface area contributed by atoms with Gasteiger partial charge in [0.1, 0.15) is 11.3 Å². The van der Waals surface area contributed by atoms with Gasteiger partial charge in [-0.3, -0.25) is 4.90 Å². The van der Waals surface area contributed by atoms with Crippen molar-refractivity contribution in [1.29, 1.82) is 0 Å². The van der Waals surface area contributed by atoms with Gasteiger partial charge < -0.3 is 29.5 Å². The maximum atomic E-state index is 12.5. The topological polar surface area (TPSA) is 109 Å². The second kappa shape index (κ2) is 12.9. The minimum Gasteiger partial charge on any atom is -0.492 e. The van der Waals surface area contributed by atoms with E-state index in [0.717, 1.165) is 44.4 Å². The summed E-state index contributed by atoms with van der Waals surface area (Å²) in [6.45, 7) is 0.134. The Balaban J connectivity index is 1.34. The van der Waals surface area contributed by atoms with E-state index in [1.807, 2.05) is 6.07 Å². The van der Waals surface area contributed by atoms with E-state index >= 15 is 0 Å². The molecule has 0 bridgehead atoms. The Labute approximate surface area is 248 Å². The first-order valence-electron chi connectivity index (χ1n) is 15.8. The van der Waals surface area contributed by atoms with Crippen LogP contribution in [0, 0.1) is 23.7 Å². The van der Waals surface area contributed by atoms with Crippen LogP contribution in [0.5, 0.6) is 0 Å². The lowest BCUT2D eigenvalue weighted by Crippen LogP contribution is -2.57. The summed E-state index contributed by atoms with van der Waals surface area (Å²) in [5.41, 5.74) is 1.35. The first-order chi connectivity index (χ1) is 20.5. The minimum absolute atomic E-state index is 0.0305. The standard InChI is InChI=1S/C34H45NO7/c1-40-31-25(20-37)34(39)42-33(31)32-24(19-36)30-27-17-23(15-21-9-4-2-5-10-21)16-26(35(27)14-8-13-29(30)41-32)28(38)18-22-11-6-3-7-12-22/h2,4-5,9-10,13,22-24,26-28,30,36-38H,3,6-8,11-12,14-20H2,1H3. The van der Waals surface area contributed by atoms with Crippen molar-refractivity contribution in [3.63, 3.8) is 0 Å². The fraction of sp³-hybridized carbons (Fsp3) is 0.618. The molecular formula is C34H45NO7. The molecule has 3 N–H and O–H groups in total. The van der Waals surface area contributed by atoms with Gasteiger partial charge in [-0.2, -0.15) is 0 Å². The van der Waals surface area contributed by atoms with Crippen LogP contribution in [-0.2, 0) is 25.4 Å². The molecular weight excluding hydrogens is 534 g/mol. The summed E-state index contributed by atoms with van der Waals surface area (Å²) in [5, 5.41) is 32.4. The van der Waals surface area contributed by atoms with Crippen LogP contribution in [0.15, 0.2) is 65.0 Å². The Kier molecular flexibility index (Phi) is 9.05. The van der Waals surface area contributed by atoms with Gasteiger partial charge in [0.05, 0.1) is 32.3 Å². The number of fused-ring (bicyclic) bond motifs is 3. The number of cyclic esters (lactones) is 1. The number of hydrogen-bond donors (Lipinski definition) is 3. The van der Waals surface area contributed by atoms with Gasteiger partial charge in [0.15, 0.2) is 11.5 Å². The van der Waals surface area contributed by atoms with Crippen molar-refractivity contribution in [2.24, 2.45) is 23.7 Å². The van der Waals surface area contributed by atoms with Gasteiger partial charge in [0.2, 0.25) is 5.76 Å². The normalized spacial score (nSPS) is 32.9. The predicted molar refractivity (Wildman–Crippen MR) is 156 cm³/mol. The highest BCUT2D eigenvalue weighted by Gasteiger charge is 2.52. The van der Waals surface area contributed by atoms with Gasteiger partial charge in [-0.25, -0.2) is 4.79 Å². The number of ether oxygens (including phenoxy) is 3. The first-order valence-corrected chi connectivity index (χ1v) is 15.8. The Morgan fingerprint density at radius 1 is 1.05 bits per heavy atom. The fourth-order valence-electron chi connectivity index (χ4n) is 8.37. The monoisotopic (exact) mass is 579 g/mol. The number of carbonyl (C=O) groups is 1. The maximum Gasteiger partial charge on any atom is 0.345 e. The number of hydrogen-bond acceptors (Lipinski definition) is 8. The molecule has 0 radical (unpaired) electrons. The van der Waals surface area contributed by atoms with Crippen LogP contribution in [0.3, 0.4) is 0 Å². The molecule has 8 heteroatoms. The average molecular weight is 580 g/mol. The lowest BCUT2D eigenvalue weighted by atomic mass is 9.72. The summed E-state index contributed by atoms with van der Waals surface area (Å²) in [6, 6.07) is 10.7. The number of esters is 1. The molecule has 6 atom stereocenters. The van der Waals surface area contributed by atoms with Crippen molar-refractivity contribution >= 4 is 5.97 Å². The van der Waals surface area contributed by atoms with Crippen LogP contribution in [0.1, 0.15) is 63.4 Å². The van der Waals surface area contributed by atoms with Crippen LogP contribution in [0.25, 0.3) is 0 Å². The average Bonchev–Trinajstić information content (AvgIpc) is 3.48. The molecule has 1 aliphatic carbocycles. The van der Waals surface area contributed by atoms with Crippen LogP contribution >= 0.6 is 0 Å². The summed E-state index contributed by atoms with van der Waals surface area (Å²) in [5.74, 6) is 1.17. The molecule has 4 aliphatic heterocycles. The van der Waals surface area contributed by atoms with Crippen LogP contribution < -0.4 is 0 Å². The highest BCUT2D eigenvalue weighted by Crippen LogP contribution is 2.50. The van der Waals surface area contributed by atoms with E-state index in [1.54, 1.807) is 0 Å². The lowest BCUT2D eigenvalue weighted by molar-refractivity contribution is -0.134. The van der Waals surface area contributed by atoms with E-state index in [-0.39, 0.29) is 41.7 Å². The van der Waals surface area contributed by atoms with E-state index in [2.05, 4.69) is 35.2 Å². The fourth-order valence-corrected chi connectivity index (χ4v) is 8.37. The maximum absolute atomic E-state index is 12.5. The number of rotatable bonds is 8. The molecule has 4 heterocycles. The second-order valence-corrected chi connectivity index (χ2v) is 12.8. The van der Waals surface area contributed by atoms with Crippen molar-refractivity contribution in [1.82, 2.24) is 4.90 Å². The Morgan fingerprint density at radius 2 is 1.83 bits per heavy atom. The minimum atomic E-state index is -0.661. The smallest absolute Gasteiger partial charge is 0.345 e. The van der Waals surface area contributed by atoms with Gasteiger partial charge in [-0.1, -0.05) is 62.4 Å². The molecule has 0 aromatic heterocycles. The largest absolute Gasteiger partial charge is 0.492 e. The van der Waals surface area contributed by atoms with E-state index in [9.17, 15) is 20.1 Å². The van der Waals surface area contributed by atoms with E-state index in [4.69, 9.17) is 14.2 Å². The molecule has 0 spiro atoms. The van der Waals surface area contributed by atoms with Crippen molar-refractivity contribution in [3.05, 3.63) is 70.6 Å². The molecule has 1 aromatic rings. The second-order valence-electron chi connectivity index (χ2n) is 12.8. The molecule has 1 aromatic carbocycles. The van der Waals surface area contributed by atoms with E-state index in [0.29, 0.717) is 17.6 Å². The third-order valence-corrected chi connectivity index (χ3v) is 10.3. The Morgan fingerprint density at radius 3 is 2.55 bits per heavy atom. The number of carbonyl (C=O) groups excluding carboxylic acids is 1. The summed E-state index contributed by atoms with van der Waals surface area (Å²) in [4.78, 5) is 15.0. The molecule has 2 saturated heterocycles. The van der Waals surface area contributed by atoms with Crippen molar-refractivity contribution < 1.29 is 34.3 Å². The lowest BCUT2D eigenvalue weighted by Gasteiger charge is -2.49. The Bertz CT molecular complexity index is 1220. The first kappa shape index (κ1) is 29.4. The molecule has 0 amide bonds. The molecule has 5 aliphatic rings. The van der Waals surface area contributed by atoms with Crippen LogP contribution in [-0.4, -0.2) is 71.2 Å². The number of benzene rings is 1. The van der Waals surface area contributed by atoms with Crippen LogP contribution in [0.4, 0.5) is 0 Å². The third-order valence-electron chi connectivity index (χ3n) is 10.3. The summed E-state index contributed by atoms with van der Waals surface area (Å²) >= 11 is 0. The molecule has 8 nitrogen and oxygen atoms in total. The summed E-state index contributed by atoms with van der Waals surface area (Å²) in [7, 11) is 1.43. The summed E-state index contributed by atoms with van der Waals surface area (Å²) in [6.07, 6.45) is 12.3. The molecule has 6 rings (SSSR count). The number of piperidine rings is 1. The van der Waals surface area contributed by atoms with Gasteiger partial charge in [-0.05, 0) is 55.6 Å². The zero-order chi connectivity index (χ0) is 29.2. The highest BCUT2D eigenvalue weighted by atomic mass is 16.6. The van der Waals surface area contributed by atoms with Crippen molar-refractivity contribution in [3.8, 4) is 0 Å². The molecule has 228 valence electrons. The molecule has 42 heavy (non-hydrogen) atoms. The molecule has 6 unspecified atom stereocenters. The van der Waals surface area contributed by atoms with Gasteiger partial charge in [0, 0.05) is 24.5 Å². The van der Waals surface area contributed by atoms with Crippen molar-refractivity contribution in [2.75, 3.05) is 26.9 Å². The number of methoxy groups -OCH3 is 1. The number of aliphatic hydroxyl groups excluding tert-OH is 3. The predicted octanol–water partition coefficient (Wildman–Crippen LogP) is 4.21. The summed E-state index contributed by atoms with van der Waals surface area (Å²) < 4.78 is 17.5. The highest BCUT2D eigenvalue weighted by molar-refractivity contribution is 5.94. The Hall–Kier alpha value is -2.65. The zero-order valence-electron chi connectivity index (χ0n) is 24.6. The van der Waals surface area contributed by atoms with Gasteiger partial charge >= 0.3 is 5.97 Å². The van der Waals surface area contributed by atoms with Crippen LogP contribution in [0.2, 0.25) is 0 Å². The SMILES string of the molecule is COC1=C(CO)C(=O)OC1=C1OC2=CCCN3C(C(O)CC4CCCCC4)CC(Cc4ccccc4)CC3C2C1CO. The quantitative estimate of drug-likeness (QED) is 0.393. The van der Waals surface area contributed by atoms with Gasteiger partial charge in [-0.15, -0.1) is 0 Å². The third kappa shape index (κ3) is 5.66.